The summed E-state index contributed by atoms with van der Waals surface area (Å²) in [6.45, 7) is 3.26. The number of carbonyl (C=O) groups is 3. The molecule has 0 aliphatic rings. The lowest BCUT2D eigenvalue weighted by molar-refractivity contribution is -0.139. The summed E-state index contributed by atoms with van der Waals surface area (Å²) >= 11 is 0. The smallest absolute Gasteiger partial charge is 0.326 e. The molecule has 0 aromatic heterocycles. The van der Waals surface area contributed by atoms with Gasteiger partial charge in [-0.1, -0.05) is 42.0 Å². The summed E-state index contributed by atoms with van der Waals surface area (Å²) in [6, 6.07) is 12.9. The van der Waals surface area contributed by atoms with E-state index >= 15 is 0 Å². The maximum Gasteiger partial charge on any atom is 0.326 e. The van der Waals surface area contributed by atoms with Crippen LogP contribution in [-0.4, -0.2) is 28.9 Å². The summed E-state index contributed by atoms with van der Waals surface area (Å²) in [5.74, 6) is -1.98. The van der Waals surface area contributed by atoms with Crippen LogP contribution in [0.5, 0.6) is 0 Å². The van der Waals surface area contributed by atoms with Crippen molar-refractivity contribution < 1.29 is 19.5 Å². The van der Waals surface area contributed by atoms with Gasteiger partial charge in [-0.15, -0.1) is 0 Å². The third kappa shape index (κ3) is 5.17. The molecule has 6 nitrogen and oxygen atoms in total. The van der Waals surface area contributed by atoms with Crippen LogP contribution < -0.4 is 10.6 Å². The van der Waals surface area contributed by atoms with E-state index in [0.717, 1.165) is 11.1 Å². The minimum atomic E-state index is -1.12. The molecule has 3 N–H and O–H groups in total. The molecule has 0 bridgehead atoms. The van der Waals surface area contributed by atoms with Crippen molar-refractivity contribution in [2.75, 3.05) is 5.32 Å². The average Bonchev–Trinajstić information content (AvgIpc) is 2.54. The second-order valence-corrected chi connectivity index (χ2v) is 5.78. The first-order valence-corrected chi connectivity index (χ1v) is 7.82. The number of carboxylic acid groups (broad SMARTS) is 1. The fourth-order valence-corrected chi connectivity index (χ4v) is 2.49. The topological polar surface area (TPSA) is 95.5 Å². The lowest BCUT2D eigenvalue weighted by Gasteiger charge is -2.16. The van der Waals surface area contributed by atoms with E-state index in [0.29, 0.717) is 5.69 Å². The van der Waals surface area contributed by atoms with Gasteiger partial charge < -0.3 is 15.7 Å². The van der Waals surface area contributed by atoms with Gasteiger partial charge in [-0.05, 0) is 24.6 Å². The number of carboxylic acids is 1. The fraction of sp³-hybridized carbons (Fsp3) is 0.211. The number of aliphatic carboxylic acids is 1. The highest BCUT2D eigenvalue weighted by Crippen LogP contribution is 2.15. The van der Waals surface area contributed by atoms with E-state index in [4.69, 9.17) is 0 Å². The van der Waals surface area contributed by atoms with Crippen LogP contribution in [0.1, 0.15) is 28.4 Å². The molecule has 130 valence electrons. The zero-order chi connectivity index (χ0) is 18.4. The molecule has 0 spiro atoms. The summed E-state index contributed by atoms with van der Waals surface area (Å²) < 4.78 is 0. The van der Waals surface area contributed by atoms with Gasteiger partial charge in [0.2, 0.25) is 5.91 Å². The number of para-hydroxylation sites is 1. The maximum atomic E-state index is 12.5. The molecule has 0 aliphatic carbocycles. The molecule has 0 unspecified atom stereocenters. The van der Waals surface area contributed by atoms with Crippen molar-refractivity contribution >= 4 is 23.5 Å². The summed E-state index contributed by atoms with van der Waals surface area (Å²) in [7, 11) is 0. The Kier molecular flexibility index (Phi) is 5.89. The van der Waals surface area contributed by atoms with E-state index in [9.17, 15) is 19.5 Å². The number of hydrogen-bond acceptors (Lipinski definition) is 3. The van der Waals surface area contributed by atoms with Crippen LogP contribution in [0, 0.1) is 6.92 Å². The molecule has 0 fully saturated rings. The van der Waals surface area contributed by atoms with Gasteiger partial charge in [-0.25, -0.2) is 4.79 Å². The summed E-state index contributed by atoms with van der Waals surface area (Å²) in [6.07, 6.45) is 0.172. The van der Waals surface area contributed by atoms with Crippen LogP contribution in [0.3, 0.4) is 0 Å². The standard InChI is InChI=1S/C19H20N2O4/c1-12-6-5-7-14(10-12)11-17(19(24)25)21-18(23)15-8-3-4-9-16(15)20-13(2)22/h3-10,17H,11H2,1-2H3,(H,20,22)(H,21,23)(H,24,25)/t17-/m0/s1. The van der Waals surface area contributed by atoms with Crippen molar-refractivity contribution in [3.63, 3.8) is 0 Å². The molecule has 0 radical (unpaired) electrons. The first-order chi connectivity index (χ1) is 11.9. The molecule has 2 aromatic rings. The highest BCUT2D eigenvalue weighted by Gasteiger charge is 2.22. The van der Waals surface area contributed by atoms with E-state index in [2.05, 4.69) is 10.6 Å². The van der Waals surface area contributed by atoms with E-state index in [1.807, 2.05) is 31.2 Å². The third-order valence-corrected chi connectivity index (χ3v) is 3.61. The Labute approximate surface area is 145 Å². The molecule has 2 aromatic carbocycles. The lowest BCUT2D eigenvalue weighted by Crippen LogP contribution is -2.42. The Balaban J connectivity index is 2.18. The highest BCUT2D eigenvalue weighted by molar-refractivity contribution is 6.04. The molecule has 2 rings (SSSR count). The quantitative estimate of drug-likeness (QED) is 0.752. The number of nitrogens with one attached hydrogen (secondary N) is 2. The largest absolute Gasteiger partial charge is 0.480 e. The molecular weight excluding hydrogens is 320 g/mol. The van der Waals surface area contributed by atoms with E-state index < -0.39 is 17.9 Å². The van der Waals surface area contributed by atoms with Crippen molar-refractivity contribution in [3.05, 3.63) is 65.2 Å². The molecule has 25 heavy (non-hydrogen) atoms. The van der Waals surface area contributed by atoms with Crippen LogP contribution in [0.25, 0.3) is 0 Å². The Morgan fingerprint density at radius 3 is 2.44 bits per heavy atom. The van der Waals surface area contributed by atoms with E-state index in [1.165, 1.54) is 13.0 Å². The van der Waals surface area contributed by atoms with Crippen molar-refractivity contribution in [2.45, 2.75) is 26.3 Å². The van der Waals surface area contributed by atoms with Crippen LogP contribution in [0.15, 0.2) is 48.5 Å². The SMILES string of the molecule is CC(=O)Nc1ccccc1C(=O)N[C@@H](Cc1cccc(C)c1)C(=O)O. The monoisotopic (exact) mass is 340 g/mol. The van der Waals surface area contributed by atoms with Gasteiger partial charge in [0, 0.05) is 13.3 Å². The number of anilines is 1. The number of benzene rings is 2. The Hall–Kier alpha value is -3.15. The molecule has 0 aliphatic heterocycles. The predicted octanol–water partition coefficient (Wildman–Crippen LogP) is 2.38. The number of aryl methyl sites for hydroxylation is 1. The van der Waals surface area contributed by atoms with Gasteiger partial charge in [0.25, 0.3) is 5.91 Å². The molecule has 1 atom stereocenters. The Bertz CT molecular complexity index is 802. The Morgan fingerprint density at radius 1 is 1.08 bits per heavy atom. The fourth-order valence-electron chi connectivity index (χ4n) is 2.49. The molecular formula is C19H20N2O4. The van der Waals surface area contributed by atoms with Gasteiger partial charge in [-0.3, -0.25) is 9.59 Å². The summed E-state index contributed by atoms with van der Waals surface area (Å²) in [4.78, 5) is 35.3. The van der Waals surface area contributed by atoms with Gasteiger partial charge in [-0.2, -0.15) is 0 Å². The van der Waals surface area contributed by atoms with Crippen LogP contribution >= 0.6 is 0 Å². The molecule has 6 heteroatoms. The molecule has 0 saturated carbocycles. The zero-order valence-corrected chi connectivity index (χ0v) is 14.1. The number of rotatable bonds is 6. The number of amides is 2. The van der Waals surface area contributed by atoms with E-state index in [-0.39, 0.29) is 17.9 Å². The van der Waals surface area contributed by atoms with Crippen LogP contribution in [-0.2, 0) is 16.0 Å². The highest BCUT2D eigenvalue weighted by atomic mass is 16.4. The first kappa shape index (κ1) is 18.2. The predicted molar refractivity (Wildman–Crippen MR) is 94.5 cm³/mol. The minimum Gasteiger partial charge on any atom is -0.480 e. The minimum absolute atomic E-state index is 0.172. The number of carbonyl (C=O) groups excluding carboxylic acids is 2. The van der Waals surface area contributed by atoms with Gasteiger partial charge in [0.05, 0.1) is 11.3 Å². The van der Waals surface area contributed by atoms with E-state index in [1.54, 1.807) is 18.2 Å². The third-order valence-electron chi connectivity index (χ3n) is 3.61. The van der Waals surface area contributed by atoms with Crippen LogP contribution in [0.4, 0.5) is 5.69 Å². The summed E-state index contributed by atoms with van der Waals surface area (Å²) in [5, 5.41) is 14.5. The summed E-state index contributed by atoms with van der Waals surface area (Å²) in [5.41, 5.74) is 2.40. The second kappa shape index (κ2) is 8.10. The van der Waals surface area contributed by atoms with Gasteiger partial charge in [0.15, 0.2) is 0 Å². The maximum absolute atomic E-state index is 12.5. The van der Waals surface area contributed by atoms with Crippen molar-refractivity contribution in [2.24, 2.45) is 0 Å². The van der Waals surface area contributed by atoms with Crippen molar-refractivity contribution in [1.29, 1.82) is 0 Å². The lowest BCUT2D eigenvalue weighted by atomic mass is 10.0. The van der Waals surface area contributed by atoms with Crippen molar-refractivity contribution in [1.82, 2.24) is 5.32 Å². The van der Waals surface area contributed by atoms with Crippen molar-refractivity contribution in [3.8, 4) is 0 Å². The second-order valence-electron chi connectivity index (χ2n) is 5.78. The van der Waals surface area contributed by atoms with Gasteiger partial charge >= 0.3 is 5.97 Å². The molecule has 2 amide bonds. The average molecular weight is 340 g/mol. The molecule has 0 heterocycles. The number of hydrogen-bond donors (Lipinski definition) is 3. The first-order valence-electron chi connectivity index (χ1n) is 7.82. The van der Waals surface area contributed by atoms with Crippen LogP contribution in [0.2, 0.25) is 0 Å². The Morgan fingerprint density at radius 2 is 1.80 bits per heavy atom. The zero-order valence-electron chi connectivity index (χ0n) is 14.1. The molecule has 0 saturated heterocycles. The van der Waals surface area contributed by atoms with Gasteiger partial charge in [0.1, 0.15) is 6.04 Å². The normalized spacial score (nSPS) is 11.4.